The van der Waals surface area contributed by atoms with Gasteiger partial charge < -0.3 is 4.52 Å². The average molecular weight is 272 g/mol. The van der Waals surface area contributed by atoms with E-state index < -0.39 is 0 Å². The molecule has 0 fully saturated rings. The number of hydrogen-bond donors (Lipinski definition) is 1. The second-order valence-electron chi connectivity index (χ2n) is 4.42. The summed E-state index contributed by atoms with van der Waals surface area (Å²) in [5.41, 5.74) is 1.76. The second-order valence-corrected chi connectivity index (χ2v) is 4.42. The number of nitrogens with one attached hydrogen (secondary N) is 1. The van der Waals surface area contributed by atoms with Gasteiger partial charge in [-0.3, -0.25) is 14.5 Å². The average Bonchev–Trinajstić information content (AvgIpc) is 2.93. The molecule has 0 unspecified atom stereocenters. The molecule has 0 bridgehead atoms. The molecule has 3 rings (SSSR count). The summed E-state index contributed by atoms with van der Waals surface area (Å²) in [6.45, 7) is 5.25. The molecule has 0 atom stereocenters. The molecule has 0 aliphatic carbocycles. The number of aromatic nitrogens is 5. The van der Waals surface area contributed by atoms with E-state index in [0.29, 0.717) is 28.7 Å². The maximum atomic E-state index is 12.2. The Morgan fingerprint density at radius 1 is 1.30 bits per heavy atom. The van der Waals surface area contributed by atoms with E-state index >= 15 is 0 Å². The van der Waals surface area contributed by atoms with Crippen LogP contribution in [0.3, 0.4) is 0 Å². The van der Waals surface area contributed by atoms with Crippen LogP contribution in [0.5, 0.6) is 0 Å². The summed E-state index contributed by atoms with van der Waals surface area (Å²) in [5.74, 6) is 0.857. The third kappa shape index (κ3) is 1.91. The van der Waals surface area contributed by atoms with Crippen LogP contribution in [0.15, 0.2) is 16.8 Å². The minimum Gasteiger partial charge on any atom is -0.361 e. The maximum Gasteiger partial charge on any atom is 0.263 e. The van der Waals surface area contributed by atoms with Crippen molar-refractivity contribution in [3.63, 3.8) is 0 Å². The largest absolute Gasteiger partial charge is 0.361 e. The summed E-state index contributed by atoms with van der Waals surface area (Å²) < 4.78 is 6.57. The van der Waals surface area contributed by atoms with Crippen LogP contribution in [0.25, 0.3) is 5.78 Å². The van der Waals surface area contributed by atoms with Crippen molar-refractivity contribution in [3.05, 3.63) is 35.0 Å². The van der Waals surface area contributed by atoms with Crippen LogP contribution >= 0.6 is 0 Å². The van der Waals surface area contributed by atoms with E-state index in [9.17, 15) is 4.79 Å². The van der Waals surface area contributed by atoms with E-state index in [2.05, 4.69) is 25.7 Å². The summed E-state index contributed by atoms with van der Waals surface area (Å²) in [5, 5.41) is 14.2. The highest BCUT2D eigenvalue weighted by molar-refractivity contribution is 6.04. The monoisotopic (exact) mass is 272 g/mol. The Hall–Kier alpha value is -2.77. The van der Waals surface area contributed by atoms with Gasteiger partial charge in [0, 0.05) is 11.9 Å². The van der Waals surface area contributed by atoms with Gasteiger partial charge in [0.1, 0.15) is 11.3 Å². The normalized spacial score (nSPS) is 10.9. The first-order valence-electron chi connectivity index (χ1n) is 5.99. The molecule has 8 heteroatoms. The predicted octanol–water partition coefficient (Wildman–Crippen LogP) is 1.29. The van der Waals surface area contributed by atoms with Gasteiger partial charge in [-0.1, -0.05) is 5.16 Å². The first-order valence-corrected chi connectivity index (χ1v) is 5.99. The van der Waals surface area contributed by atoms with Gasteiger partial charge in [0.05, 0.1) is 5.69 Å². The molecule has 0 aliphatic heterocycles. The summed E-state index contributed by atoms with van der Waals surface area (Å²) in [6, 6.07) is 1.81. The number of anilines is 1. The van der Waals surface area contributed by atoms with Crippen LogP contribution in [-0.4, -0.2) is 30.6 Å². The van der Waals surface area contributed by atoms with Crippen molar-refractivity contribution >= 4 is 17.6 Å². The van der Waals surface area contributed by atoms with E-state index in [0.717, 1.165) is 5.69 Å². The summed E-state index contributed by atoms with van der Waals surface area (Å²) in [4.78, 5) is 16.4. The number of amides is 1. The molecular weight excluding hydrogens is 260 g/mol. The van der Waals surface area contributed by atoms with Gasteiger partial charge in [-0.2, -0.15) is 0 Å². The van der Waals surface area contributed by atoms with E-state index in [1.807, 2.05) is 13.0 Å². The number of aryl methyl sites for hydroxylation is 3. The molecule has 3 heterocycles. The lowest BCUT2D eigenvalue weighted by molar-refractivity contribution is 0.102. The van der Waals surface area contributed by atoms with Crippen LogP contribution in [0.1, 0.15) is 27.5 Å². The van der Waals surface area contributed by atoms with E-state index in [1.165, 1.54) is 0 Å². The van der Waals surface area contributed by atoms with Gasteiger partial charge in [0.25, 0.3) is 11.7 Å². The Morgan fingerprint density at radius 2 is 2.10 bits per heavy atom. The number of hydrogen-bond acceptors (Lipinski definition) is 6. The van der Waals surface area contributed by atoms with Gasteiger partial charge in [0.15, 0.2) is 0 Å². The molecule has 0 saturated carbocycles. The zero-order valence-electron chi connectivity index (χ0n) is 11.2. The molecule has 1 N–H and O–H groups in total. The highest BCUT2D eigenvalue weighted by Gasteiger charge is 2.19. The van der Waals surface area contributed by atoms with Crippen LogP contribution in [0, 0.1) is 20.8 Å². The third-order valence-corrected chi connectivity index (χ3v) is 2.90. The Bertz CT molecular complexity index is 784. The lowest BCUT2D eigenvalue weighted by atomic mass is 10.2. The third-order valence-electron chi connectivity index (χ3n) is 2.90. The smallest absolute Gasteiger partial charge is 0.263 e. The summed E-state index contributed by atoms with van der Waals surface area (Å²) in [6.07, 6.45) is 1.75. The van der Waals surface area contributed by atoms with Crippen LogP contribution < -0.4 is 5.32 Å². The Labute approximate surface area is 113 Å². The molecular formula is C12H12N6O2. The Morgan fingerprint density at radius 3 is 2.80 bits per heavy atom. The first-order chi connectivity index (χ1) is 9.56. The molecule has 0 aromatic carbocycles. The number of carbonyl (C=O) groups is 1. The SMILES string of the molecule is Cc1ccn2c(NC(=O)c3c(C)noc3C)nnc2n1. The molecule has 0 spiro atoms. The molecule has 20 heavy (non-hydrogen) atoms. The van der Waals surface area contributed by atoms with Gasteiger partial charge in [-0.25, -0.2) is 4.98 Å². The fourth-order valence-corrected chi connectivity index (χ4v) is 1.93. The fourth-order valence-electron chi connectivity index (χ4n) is 1.93. The number of nitrogens with zero attached hydrogens (tertiary/aromatic N) is 5. The standard InChI is InChI=1S/C12H12N6O2/c1-6-4-5-18-11(13-6)15-16-12(18)14-10(19)9-7(2)17-20-8(9)3/h4-5H,1-3H3,(H,14,16,19). The molecule has 102 valence electrons. The Balaban J connectivity index is 1.96. The van der Waals surface area contributed by atoms with Crippen molar-refractivity contribution in [2.24, 2.45) is 0 Å². The van der Waals surface area contributed by atoms with Crippen molar-refractivity contribution in [1.29, 1.82) is 0 Å². The second kappa shape index (κ2) is 4.41. The molecule has 8 nitrogen and oxygen atoms in total. The van der Waals surface area contributed by atoms with Gasteiger partial charge in [0.2, 0.25) is 5.95 Å². The predicted molar refractivity (Wildman–Crippen MR) is 69.4 cm³/mol. The molecule has 3 aromatic rings. The maximum absolute atomic E-state index is 12.2. The van der Waals surface area contributed by atoms with E-state index in [4.69, 9.17) is 4.52 Å². The zero-order valence-corrected chi connectivity index (χ0v) is 11.2. The number of carbonyl (C=O) groups excluding carboxylic acids is 1. The topological polar surface area (TPSA) is 98.2 Å². The Kier molecular flexibility index (Phi) is 2.70. The van der Waals surface area contributed by atoms with Crippen molar-refractivity contribution in [1.82, 2.24) is 24.7 Å². The lowest BCUT2D eigenvalue weighted by Gasteiger charge is -2.02. The number of fused-ring (bicyclic) bond motifs is 1. The highest BCUT2D eigenvalue weighted by atomic mass is 16.5. The van der Waals surface area contributed by atoms with Crippen molar-refractivity contribution in [2.45, 2.75) is 20.8 Å². The van der Waals surface area contributed by atoms with E-state index in [-0.39, 0.29) is 5.91 Å². The first kappa shape index (κ1) is 12.3. The van der Waals surface area contributed by atoms with Crippen LogP contribution in [0.2, 0.25) is 0 Å². The molecule has 0 saturated heterocycles. The van der Waals surface area contributed by atoms with Gasteiger partial charge >= 0.3 is 0 Å². The van der Waals surface area contributed by atoms with Crippen LogP contribution in [0.4, 0.5) is 5.95 Å². The quantitative estimate of drug-likeness (QED) is 0.754. The molecule has 3 aromatic heterocycles. The fraction of sp³-hybridized carbons (Fsp3) is 0.250. The zero-order chi connectivity index (χ0) is 14.3. The molecule has 0 aliphatic rings. The minimum absolute atomic E-state index is 0.303. The summed E-state index contributed by atoms with van der Waals surface area (Å²) in [7, 11) is 0. The highest BCUT2D eigenvalue weighted by Crippen LogP contribution is 2.15. The van der Waals surface area contributed by atoms with Crippen molar-refractivity contribution in [2.75, 3.05) is 5.32 Å². The van der Waals surface area contributed by atoms with Crippen molar-refractivity contribution < 1.29 is 9.32 Å². The molecule has 1 amide bonds. The van der Waals surface area contributed by atoms with Gasteiger partial charge in [-0.05, 0) is 26.8 Å². The molecule has 0 radical (unpaired) electrons. The number of rotatable bonds is 2. The van der Waals surface area contributed by atoms with Crippen molar-refractivity contribution in [3.8, 4) is 0 Å². The lowest BCUT2D eigenvalue weighted by Crippen LogP contribution is -2.15. The van der Waals surface area contributed by atoms with Gasteiger partial charge in [-0.15, -0.1) is 10.2 Å². The minimum atomic E-state index is -0.337. The summed E-state index contributed by atoms with van der Waals surface area (Å²) >= 11 is 0. The van der Waals surface area contributed by atoms with E-state index in [1.54, 1.807) is 24.4 Å². The van der Waals surface area contributed by atoms with Crippen LogP contribution in [-0.2, 0) is 0 Å².